The van der Waals surface area contributed by atoms with Crippen molar-refractivity contribution in [1.29, 1.82) is 10.8 Å². The molecular formula is C26H33N7O2. The van der Waals surface area contributed by atoms with Crippen molar-refractivity contribution in [1.82, 2.24) is 4.98 Å². The number of pyridine rings is 1. The topological polar surface area (TPSA) is 177 Å². The summed E-state index contributed by atoms with van der Waals surface area (Å²) in [6.07, 6.45) is 2.37. The Kier molecular flexibility index (Phi) is 9.34. The van der Waals surface area contributed by atoms with Crippen LogP contribution < -0.4 is 27.3 Å². The Hall–Kier alpha value is -4.40. The molecule has 3 aromatic rings. The third-order valence-corrected chi connectivity index (χ3v) is 5.33. The fraction of sp³-hybridized carbons (Fsp3) is 0.231. The lowest BCUT2D eigenvalue weighted by atomic mass is 10.0. The summed E-state index contributed by atoms with van der Waals surface area (Å²) in [6.45, 7) is 2.57. The van der Waals surface area contributed by atoms with Crippen LogP contribution in [0, 0.1) is 17.7 Å². The zero-order chi connectivity index (χ0) is 24.7. The van der Waals surface area contributed by atoms with Gasteiger partial charge in [-0.15, -0.1) is 0 Å². The number of nitrogens with one attached hydrogen (secondary N) is 3. The van der Waals surface area contributed by atoms with E-state index in [-0.39, 0.29) is 32.1 Å². The first-order valence-electron chi connectivity index (χ1n) is 10.7. The van der Waals surface area contributed by atoms with Gasteiger partial charge in [-0.25, -0.2) is 0 Å². The van der Waals surface area contributed by atoms with Gasteiger partial charge in [0.15, 0.2) is 0 Å². The lowest BCUT2D eigenvalue weighted by Crippen LogP contribution is -2.15. The molecule has 3 rings (SSSR count). The zero-order valence-corrected chi connectivity index (χ0v) is 19.0. The van der Waals surface area contributed by atoms with Gasteiger partial charge < -0.3 is 27.3 Å². The number of anilines is 1. The fourth-order valence-electron chi connectivity index (χ4n) is 3.49. The average Bonchev–Trinajstić information content (AvgIpc) is 2.81. The van der Waals surface area contributed by atoms with Crippen LogP contribution in [0.1, 0.15) is 47.4 Å². The predicted molar refractivity (Wildman–Crippen MR) is 140 cm³/mol. The van der Waals surface area contributed by atoms with Crippen molar-refractivity contribution in [3.8, 4) is 5.75 Å². The third-order valence-electron chi connectivity index (χ3n) is 5.33. The average molecular weight is 476 g/mol. The van der Waals surface area contributed by atoms with Crippen LogP contribution in [0.4, 0.5) is 5.69 Å². The molecule has 0 saturated carbocycles. The molecule has 1 heterocycles. The van der Waals surface area contributed by atoms with Crippen LogP contribution in [-0.2, 0) is 24.4 Å². The first-order valence-corrected chi connectivity index (χ1v) is 10.7. The monoisotopic (exact) mass is 475 g/mol. The number of amidine groups is 2. The summed E-state index contributed by atoms with van der Waals surface area (Å²) in [4.78, 5) is 16.0. The van der Waals surface area contributed by atoms with Gasteiger partial charge in [0, 0.05) is 41.5 Å². The van der Waals surface area contributed by atoms with E-state index >= 15 is 0 Å². The number of ether oxygens (including phenoxy) is 1. The molecular weight excluding hydrogens is 442 g/mol. The van der Waals surface area contributed by atoms with Crippen LogP contribution in [0.3, 0.4) is 0 Å². The molecule has 184 valence electrons. The molecule has 1 aromatic heterocycles. The van der Waals surface area contributed by atoms with Gasteiger partial charge in [-0.05, 0) is 54.8 Å². The molecule has 0 spiro atoms. The molecule has 0 aliphatic rings. The summed E-state index contributed by atoms with van der Waals surface area (Å²) >= 11 is 0. The van der Waals surface area contributed by atoms with Gasteiger partial charge in [-0.1, -0.05) is 25.6 Å². The summed E-state index contributed by atoms with van der Waals surface area (Å²) in [5.74, 6) is 0.221. The number of nitrogens with zero attached hydrogens (tertiary/aromatic N) is 1. The second kappa shape index (κ2) is 12.2. The fourth-order valence-corrected chi connectivity index (χ4v) is 3.49. The Morgan fingerprint density at radius 3 is 2.34 bits per heavy atom. The number of nitrogen functional groups attached to an aromatic ring is 2. The smallest absolute Gasteiger partial charge is 0.217 e. The molecule has 0 atom stereocenters. The number of amides is 1. The van der Waals surface area contributed by atoms with Gasteiger partial charge in [0.2, 0.25) is 5.91 Å². The normalized spacial score (nSPS) is 10.2. The van der Waals surface area contributed by atoms with E-state index in [4.69, 9.17) is 32.8 Å². The van der Waals surface area contributed by atoms with Crippen molar-refractivity contribution < 1.29 is 9.53 Å². The second-order valence-electron chi connectivity index (χ2n) is 7.89. The Labute approximate surface area is 205 Å². The standard InChI is InChI=1S/C25H29N7O2.CH4/c1-15-23(34-14-16-3-2-4-18(11-16)25(29)30)21(9-10-22(26)33)19(12-31-15)13-32-20-7-5-17(6-8-20)24(27)28;/h2-8,11-12,32H,9-10,13-14H2,1H3,(H2,26,33)(H3,27,28)(H3,29,30);1H4. The molecule has 0 fully saturated rings. The number of hydrogen-bond acceptors (Lipinski definition) is 6. The number of primary amides is 1. The molecule has 0 aliphatic carbocycles. The third kappa shape index (κ3) is 7.29. The Bertz CT molecular complexity index is 1210. The van der Waals surface area contributed by atoms with Gasteiger partial charge in [0.05, 0.1) is 5.69 Å². The van der Waals surface area contributed by atoms with Crippen molar-refractivity contribution >= 4 is 23.3 Å². The zero-order valence-electron chi connectivity index (χ0n) is 19.0. The Morgan fingerprint density at radius 2 is 1.71 bits per heavy atom. The Balaban J connectivity index is 0.00000432. The van der Waals surface area contributed by atoms with Crippen LogP contribution in [0.5, 0.6) is 5.75 Å². The summed E-state index contributed by atoms with van der Waals surface area (Å²) in [7, 11) is 0. The molecule has 2 aromatic carbocycles. The van der Waals surface area contributed by atoms with Crippen LogP contribution in [0.15, 0.2) is 54.7 Å². The molecule has 0 saturated heterocycles. The minimum Gasteiger partial charge on any atom is -0.487 e. The van der Waals surface area contributed by atoms with E-state index in [1.165, 1.54) is 0 Å². The van der Waals surface area contributed by atoms with Crippen molar-refractivity contribution in [3.63, 3.8) is 0 Å². The molecule has 9 nitrogen and oxygen atoms in total. The maximum atomic E-state index is 11.5. The predicted octanol–water partition coefficient (Wildman–Crippen LogP) is 3.20. The highest BCUT2D eigenvalue weighted by atomic mass is 16.5. The largest absolute Gasteiger partial charge is 0.487 e. The second-order valence-corrected chi connectivity index (χ2v) is 7.89. The number of nitrogens with two attached hydrogens (primary N) is 3. The lowest BCUT2D eigenvalue weighted by molar-refractivity contribution is -0.117. The number of carbonyl (C=O) groups excluding carboxylic acids is 1. The van der Waals surface area contributed by atoms with Crippen molar-refractivity contribution in [2.45, 2.75) is 40.3 Å². The Morgan fingerprint density at radius 1 is 1.03 bits per heavy atom. The number of aromatic nitrogens is 1. The van der Waals surface area contributed by atoms with Crippen LogP contribution in [0.2, 0.25) is 0 Å². The molecule has 0 unspecified atom stereocenters. The number of aryl methyl sites for hydroxylation is 1. The van der Waals surface area contributed by atoms with Crippen molar-refractivity contribution in [2.75, 3.05) is 5.32 Å². The number of rotatable bonds is 11. The van der Waals surface area contributed by atoms with Gasteiger partial charge >= 0.3 is 0 Å². The van der Waals surface area contributed by atoms with Gasteiger partial charge in [0.25, 0.3) is 0 Å². The van der Waals surface area contributed by atoms with E-state index in [9.17, 15) is 4.79 Å². The van der Waals surface area contributed by atoms with E-state index < -0.39 is 5.91 Å². The number of hydrogen-bond donors (Lipinski definition) is 6. The number of benzene rings is 2. The van der Waals surface area contributed by atoms with Crippen molar-refractivity contribution in [2.24, 2.45) is 17.2 Å². The summed E-state index contributed by atoms with van der Waals surface area (Å²) in [5, 5.41) is 18.5. The molecule has 0 bridgehead atoms. The molecule has 9 N–H and O–H groups in total. The first kappa shape index (κ1) is 26.8. The van der Waals surface area contributed by atoms with Gasteiger partial charge in [-0.2, -0.15) is 0 Å². The summed E-state index contributed by atoms with van der Waals surface area (Å²) in [5.41, 5.74) is 22.0. The van der Waals surface area contributed by atoms with E-state index in [0.717, 1.165) is 22.4 Å². The van der Waals surface area contributed by atoms with Gasteiger partial charge in [-0.3, -0.25) is 20.6 Å². The van der Waals surface area contributed by atoms with Crippen molar-refractivity contribution in [3.05, 3.63) is 88.2 Å². The SMILES string of the molecule is C.Cc1ncc(CNc2ccc(C(=N)N)cc2)c(CCC(N)=O)c1OCc1cccc(C(=N)N)c1. The molecule has 9 heteroatoms. The quantitative estimate of drug-likeness (QED) is 0.183. The highest BCUT2D eigenvalue weighted by Crippen LogP contribution is 2.28. The van der Waals surface area contributed by atoms with E-state index in [0.29, 0.717) is 35.5 Å². The van der Waals surface area contributed by atoms with E-state index in [1.807, 2.05) is 37.3 Å². The van der Waals surface area contributed by atoms with E-state index in [1.54, 1.807) is 24.4 Å². The van der Waals surface area contributed by atoms with Crippen LogP contribution >= 0.6 is 0 Å². The number of carbonyl (C=O) groups is 1. The highest BCUT2D eigenvalue weighted by Gasteiger charge is 2.16. The minimum absolute atomic E-state index is 0. The molecule has 1 amide bonds. The maximum Gasteiger partial charge on any atom is 0.217 e. The first-order chi connectivity index (χ1) is 16.2. The molecule has 0 aliphatic heterocycles. The minimum atomic E-state index is -0.395. The van der Waals surface area contributed by atoms with E-state index in [2.05, 4.69) is 10.3 Å². The van der Waals surface area contributed by atoms with Gasteiger partial charge in [0.1, 0.15) is 24.0 Å². The maximum absolute atomic E-state index is 11.5. The van der Waals surface area contributed by atoms with Crippen LogP contribution in [-0.4, -0.2) is 22.6 Å². The molecule has 0 radical (unpaired) electrons. The summed E-state index contributed by atoms with van der Waals surface area (Å²) < 4.78 is 6.16. The summed E-state index contributed by atoms with van der Waals surface area (Å²) in [6, 6.07) is 14.5. The molecule has 35 heavy (non-hydrogen) atoms. The highest BCUT2D eigenvalue weighted by molar-refractivity contribution is 5.95. The lowest BCUT2D eigenvalue weighted by Gasteiger charge is -2.18. The van der Waals surface area contributed by atoms with Crippen LogP contribution in [0.25, 0.3) is 0 Å².